The molecule has 0 saturated carbocycles. The van der Waals surface area contributed by atoms with Crippen LogP contribution >= 0.6 is 22.9 Å². The van der Waals surface area contributed by atoms with Crippen molar-refractivity contribution in [3.8, 4) is 10.4 Å². The Bertz CT molecular complexity index is 622. The van der Waals surface area contributed by atoms with Gasteiger partial charge in [0.05, 0.1) is 12.8 Å². The van der Waals surface area contributed by atoms with Gasteiger partial charge in [-0.3, -0.25) is 0 Å². The monoisotopic (exact) mass is 295 g/mol. The highest BCUT2D eigenvalue weighted by molar-refractivity contribution is 7.18. The summed E-state index contributed by atoms with van der Waals surface area (Å²) in [6, 6.07) is 7.53. The van der Waals surface area contributed by atoms with Crippen molar-refractivity contribution in [3.63, 3.8) is 0 Å². The van der Waals surface area contributed by atoms with E-state index in [0.29, 0.717) is 15.6 Å². The second-order valence-corrected chi connectivity index (χ2v) is 5.41. The molecule has 19 heavy (non-hydrogen) atoms. The Kier molecular flexibility index (Phi) is 4.12. The fourth-order valence-electron chi connectivity index (χ4n) is 1.94. The van der Waals surface area contributed by atoms with E-state index in [-0.39, 0.29) is 0 Å². The smallest absolute Gasteiger partial charge is 0.350 e. The van der Waals surface area contributed by atoms with Crippen LogP contribution in [0.3, 0.4) is 0 Å². The van der Waals surface area contributed by atoms with Crippen molar-refractivity contribution in [1.29, 1.82) is 0 Å². The Morgan fingerprint density at radius 3 is 2.68 bits per heavy atom. The molecule has 0 aliphatic heterocycles. The Balaban J connectivity index is 2.64. The lowest BCUT2D eigenvalue weighted by Gasteiger charge is -2.04. The van der Waals surface area contributed by atoms with Crippen molar-refractivity contribution in [1.82, 2.24) is 0 Å². The fourth-order valence-corrected chi connectivity index (χ4v) is 3.49. The van der Waals surface area contributed by atoms with Crippen molar-refractivity contribution < 1.29 is 9.53 Å². The van der Waals surface area contributed by atoms with Gasteiger partial charge in [-0.05, 0) is 18.1 Å². The molecule has 1 heterocycles. The number of esters is 1. The lowest BCUT2D eigenvalue weighted by Crippen LogP contribution is -2.02. The summed E-state index contributed by atoms with van der Waals surface area (Å²) >= 11 is 7.54. The van der Waals surface area contributed by atoms with Crippen LogP contribution in [0.5, 0.6) is 0 Å². The van der Waals surface area contributed by atoms with Gasteiger partial charge in [-0.1, -0.05) is 36.7 Å². The molecule has 1 aromatic carbocycles. The number of anilines is 1. The molecule has 0 fully saturated rings. The third-order valence-corrected chi connectivity index (χ3v) is 4.48. The number of benzene rings is 1. The number of thiophene rings is 1. The first-order chi connectivity index (χ1) is 9.10. The van der Waals surface area contributed by atoms with Crippen molar-refractivity contribution in [2.24, 2.45) is 0 Å². The number of methoxy groups -OCH3 is 1. The minimum atomic E-state index is -0.407. The van der Waals surface area contributed by atoms with E-state index in [2.05, 4.69) is 0 Å². The number of ether oxygens (including phenoxy) is 1. The topological polar surface area (TPSA) is 52.3 Å². The van der Waals surface area contributed by atoms with E-state index < -0.39 is 5.97 Å². The molecule has 0 amide bonds. The van der Waals surface area contributed by atoms with E-state index in [9.17, 15) is 4.79 Å². The minimum Gasteiger partial charge on any atom is -0.465 e. The van der Waals surface area contributed by atoms with E-state index in [0.717, 1.165) is 22.4 Å². The van der Waals surface area contributed by atoms with Crippen molar-refractivity contribution in [3.05, 3.63) is 39.7 Å². The lowest BCUT2D eigenvalue weighted by molar-refractivity contribution is 0.0607. The van der Waals surface area contributed by atoms with Gasteiger partial charge in [0.25, 0.3) is 0 Å². The summed E-state index contributed by atoms with van der Waals surface area (Å²) in [6.07, 6.45) is 0.736. The number of hydrogen-bond acceptors (Lipinski definition) is 4. The van der Waals surface area contributed by atoms with Gasteiger partial charge >= 0.3 is 5.97 Å². The first-order valence-electron chi connectivity index (χ1n) is 5.84. The highest BCUT2D eigenvalue weighted by atomic mass is 35.5. The van der Waals surface area contributed by atoms with Crippen LogP contribution in [0.1, 0.15) is 22.2 Å². The second kappa shape index (κ2) is 5.63. The maximum absolute atomic E-state index is 11.7. The van der Waals surface area contributed by atoms with Gasteiger partial charge < -0.3 is 10.5 Å². The molecule has 0 saturated heterocycles. The lowest BCUT2D eigenvalue weighted by atomic mass is 10.1. The zero-order valence-electron chi connectivity index (χ0n) is 10.7. The Morgan fingerprint density at radius 2 is 2.11 bits per heavy atom. The summed E-state index contributed by atoms with van der Waals surface area (Å²) in [6.45, 7) is 2.00. The number of rotatable bonds is 3. The number of hydrogen-bond donors (Lipinski definition) is 1. The summed E-state index contributed by atoms with van der Waals surface area (Å²) in [7, 11) is 1.35. The summed E-state index contributed by atoms with van der Waals surface area (Å²) in [5, 5.41) is 0.648. The zero-order chi connectivity index (χ0) is 14.0. The molecule has 0 aliphatic rings. The fraction of sp³-hybridized carbons (Fsp3) is 0.214. The summed E-state index contributed by atoms with van der Waals surface area (Å²) < 4.78 is 4.75. The van der Waals surface area contributed by atoms with Gasteiger partial charge in [-0.15, -0.1) is 11.3 Å². The molecule has 2 aromatic rings. The highest BCUT2D eigenvalue weighted by Crippen LogP contribution is 2.41. The van der Waals surface area contributed by atoms with Crippen LogP contribution in [0, 0.1) is 0 Å². The molecule has 2 N–H and O–H groups in total. The molecule has 3 nitrogen and oxygen atoms in total. The normalized spacial score (nSPS) is 10.5. The summed E-state index contributed by atoms with van der Waals surface area (Å²) in [5.74, 6) is -0.407. The van der Waals surface area contributed by atoms with Gasteiger partial charge in [0.1, 0.15) is 4.88 Å². The Morgan fingerprint density at radius 1 is 1.42 bits per heavy atom. The van der Waals surface area contributed by atoms with E-state index in [1.165, 1.54) is 18.4 Å². The predicted octanol–water partition coefficient (Wildman–Crippen LogP) is 4.00. The zero-order valence-corrected chi connectivity index (χ0v) is 12.3. The SMILES string of the molecule is CCc1c(-c2ccccc2Cl)sc(C(=O)OC)c1N. The Labute approximate surface area is 121 Å². The summed E-state index contributed by atoms with van der Waals surface area (Å²) in [5.41, 5.74) is 8.38. The number of halogens is 1. The molecule has 0 bridgehead atoms. The average molecular weight is 296 g/mol. The van der Waals surface area contributed by atoms with Gasteiger partial charge in [-0.2, -0.15) is 0 Å². The largest absolute Gasteiger partial charge is 0.465 e. The first-order valence-corrected chi connectivity index (χ1v) is 7.03. The molecule has 0 radical (unpaired) electrons. The maximum atomic E-state index is 11.7. The van der Waals surface area contributed by atoms with Crippen LogP contribution in [0.2, 0.25) is 5.02 Å². The van der Waals surface area contributed by atoms with Gasteiger partial charge in [0, 0.05) is 15.5 Å². The molecule has 0 spiro atoms. The molecule has 1 aromatic heterocycles. The molecule has 2 rings (SSSR count). The van der Waals surface area contributed by atoms with Gasteiger partial charge in [0.2, 0.25) is 0 Å². The van der Waals surface area contributed by atoms with Crippen LogP contribution in [0.25, 0.3) is 10.4 Å². The number of nitrogens with two attached hydrogens (primary N) is 1. The molecule has 0 aliphatic carbocycles. The third-order valence-electron chi connectivity index (χ3n) is 2.89. The number of carbonyl (C=O) groups excluding carboxylic acids is 1. The third kappa shape index (κ3) is 2.46. The molecule has 5 heteroatoms. The number of carbonyl (C=O) groups is 1. The summed E-state index contributed by atoms with van der Waals surface area (Å²) in [4.78, 5) is 13.1. The molecule has 0 atom stereocenters. The van der Waals surface area contributed by atoms with Crippen molar-refractivity contribution in [2.45, 2.75) is 13.3 Å². The predicted molar refractivity (Wildman–Crippen MR) is 79.9 cm³/mol. The molecular weight excluding hydrogens is 282 g/mol. The van der Waals surface area contributed by atoms with Crippen molar-refractivity contribution >= 4 is 34.6 Å². The van der Waals surface area contributed by atoms with Crippen molar-refractivity contribution in [2.75, 3.05) is 12.8 Å². The van der Waals surface area contributed by atoms with Crippen LogP contribution in [0.4, 0.5) is 5.69 Å². The number of nitrogen functional groups attached to an aromatic ring is 1. The second-order valence-electron chi connectivity index (χ2n) is 3.98. The van der Waals surface area contributed by atoms with E-state index in [1.807, 2.05) is 31.2 Å². The molecule has 0 unspecified atom stereocenters. The first kappa shape index (κ1) is 13.9. The van der Waals surface area contributed by atoms with Crippen LogP contribution < -0.4 is 5.73 Å². The molecular formula is C14H14ClNO2S. The van der Waals surface area contributed by atoms with Crippen LogP contribution in [0.15, 0.2) is 24.3 Å². The minimum absolute atomic E-state index is 0.407. The van der Waals surface area contributed by atoms with E-state index in [1.54, 1.807) is 0 Å². The van der Waals surface area contributed by atoms with Gasteiger partial charge in [0.15, 0.2) is 0 Å². The Hall–Kier alpha value is -1.52. The van der Waals surface area contributed by atoms with Gasteiger partial charge in [-0.25, -0.2) is 4.79 Å². The quantitative estimate of drug-likeness (QED) is 0.871. The highest BCUT2D eigenvalue weighted by Gasteiger charge is 2.22. The van der Waals surface area contributed by atoms with Crippen LogP contribution in [-0.2, 0) is 11.2 Å². The van der Waals surface area contributed by atoms with E-state index >= 15 is 0 Å². The van der Waals surface area contributed by atoms with E-state index in [4.69, 9.17) is 22.1 Å². The van der Waals surface area contributed by atoms with Crippen LogP contribution in [-0.4, -0.2) is 13.1 Å². The average Bonchev–Trinajstić information content (AvgIpc) is 2.75. The molecule has 100 valence electrons. The maximum Gasteiger partial charge on any atom is 0.350 e. The standard InChI is InChI=1S/C14H14ClNO2S/c1-3-8-11(16)13(14(17)18-2)19-12(8)9-6-4-5-7-10(9)15/h4-7H,3,16H2,1-2H3.